The number of ether oxygens (including phenoxy) is 1. The molecule has 1 heterocycles. The highest BCUT2D eigenvalue weighted by Gasteiger charge is 2.36. The zero-order valence-corrected chi connectivity index (χ0v) is 18.5. The van der Waals surface area contributed by atoms with Gasteiger partial charge in [-0.05, 0) is 62.7 Å². The van der Waals surface area contributed by atoms with Crippen LogP contribution in [-0.2, 0) is 15.7 Å². The molecule has 1 fully saturated rings. The third-order valence-corrected chi connectivity index (χ3v) is 5.37. The monoisotopic (exact) mass is 465 g/mol. The molecule has 0 aliphatic carbocycles. The van der Waals surface area contributed by atoms with E-state index in [4.69, 9.17) is 17.0 Å². The summed E-state index contributed by atoms with van der Waals surface area (Å²) in [5, 5.41) is 0. The van der Waals surface area contributed by atoms with Gasteiger partial charge in [-0.15, -0.1) is 0 Å². The van der Waals surface area contributed by atoms with Gasteiger partial charge in [0.1, 0.15) is 5.60 Å². The molecule has 1 amide bonds. The van der Waals surface area contributed by atoms with Crippen LogP contribution in [0, 0.1) is 0 Å². The van der Waals surface area contributed by atoms with Gasteiger partial charge in [0.05, 0.1) is 21.7 Å². The standard InChI is InChI=1S/C22H18F3NO3S2/c1-21(2,3)29-19(28)14-9-7-13(8-10-14)11-17-18(27)26(20(30)31-17)16-6-4-5-15(12-16)22(23,24)25/h4-12H,1-3H3. The zero-order valence-electron chi connectivity index (χ0n) is 16.8. The fourth-order valence-corrected chi connectivity index (χ4v) is 4.01. The van der Waals surface area contributed by atoms with Crippen LogP contribution >= 0.6 is 24.0 Å². The first-order valence-corrected chi connectivity index (χ1v) is 10.4. The van der Waals surface area contributed by atoms with Gasteiger partial charge >= 0.3 is 12.1 Å². The lowest BCUT2D eigenvalue weighted by atomic mass is 10.1. The number of carbonyl (C=O) groups excluding carboxylic acids is 2. The third kappa shape index (κ3) is 5.54. The second-order valence-electron chi connectivity index (χ2n) is 7.69. The number of hydrogen-bond acceptors (Lipinski definition) is 5. The Balaban J connectivity index is 1.82. The quantitative estimate of drug-likeness (QED) is 0.313. The summed E-state index contributed by atoms with van der Waals surface area (Å²) < 4.78 is 44.5. The van der Waals surface area contributed by atoms with Crippen molar-refractivity contribution in [3.05, 3.63) is 70.1 Å². The number of rotatable bonds is 3. The molecule has 1 aliphatic rings. The number of nitrogens with zero attached hydrogens (tertiary/aromatic N) is 1. The van der Waals surface area contributed by atoms with Crippen molar-refractivity contribution in [1.29, 1.82) is 0 Å². The third-order valence-electron chi connectivity index (χ3n) is 4.07. The van der Waals surface area contributed by atoms with Gasteiger partial charge in [-0.2, -0.15) is 13.2 Å². The molecule has 0 N–H and O–H groups in total. The maximum Gasteiger partial charge on any atom is 0.416 e. The van der Waals surface area contributed by atoms with E-state index >= 15 is 0 Å². The summed E-state index contributed by atoms with van der Waals surface area (Å²) in [6.45, 7) is 5.31. The number of carbonyl (C=O) groups is 2. The molecule has 0 bridgehead atoms. The smallest absolute Gasteiger partial charge is 0.416 e. The largest absolute Gasteiger partial charge is 0.456 e. The highest BCUT2D eigenvalue weighted by molar-refractivity contribution is 8.27. The van der Waals surface area contributed by atoms with E-state index in [0.29, 0.717) is 11.1 Å². The maximum atomic E-state index is 13.0. The lowest BCUT2D eigenvalue weighted by Gasteiger charge is -2.19. The highest BCUT2D eigenvalue weighted by atomic mass is 32.2. The highest BCUT2D eigenvalue weighted by Crippen LogP contribution is 2.38. The Kier molecular flexibility index (Phi) is 6.29. The van der Waals surface area contributed by atoms with Crippen LogP contribution in [0.1, 0.15) is 42.3 Å². The van der Waals surface area contributed by atoms with Crippen LogP contribution in [0.15, 0.2) is 53.4 Å². The van der Waals surface area contributed by atoms with Gasteiger partial charge in [0.25, 0.3) is 5.91 Å². The van der Waals surface area contributed by atoms with Crippen molar-refractivity contribution in [2.75, 3.05) is 4.90 Å². The van der Waals surface area contributed by atoms with E-state index in [9.17, 15) is 22.8 Å². The molecular weight excluding hydrogens is 447 g/mol. The van der Waals surface area contributed by atoms with Crippen molar-refractivity contribution in [3.8, 4) is 0 Å². The first-order chi connectivity index (χ1) is 14.3. The van der Waals surface area contributed by atoms with Gasteiger partial charge < -0.3 is 4.74 Å². The van der Waals surface area contributed by atoms with E-state index in [1.807, 2.05) is 0 Å². The molecule has 0 saturated carbocycles. The fraction of sp³-hybridized carbons (Fsp3) is 0.227. The second kappa shape index (κ2) is 8.47. The van der Waals surface area contributed by atoms with Gasteiger partial charge in [0.2, 0.25) is 0 Å². The molecule has 9 heteroatoms. The van der Waals surface area contributed by atoms with E-state index in [0.717, 1.165) is 28.8 Å². The Labute approximate surface area is 187 Å². The van der Waals surface area contributed by atoms with Crippen molar-refractivity contribution in [3.63, 3.8) is 0 Å². The van der Waals surface area contributed by atoms with Gasteiger partial charge in [-0.25, -0.2) is 4.79 Å². The van der Waals surface area contributed by atoms with Crippen LogP contribution in [0.3, 0.4) is 0 Å². The minimum absolute atomic E-state index is 0.0565. The van der Waals surface area contributed by atoms with Crippen molar-refractivity contribution in [2.24, 2.45) is 0 Å². The van der Waals surface area contributed by atoms with E-state index in [1.54, 1.807) is 51.1 Å². The Morgan fingerprint density at radius 3 is 2.32 bits per heavy atom. The number of alkyl halides is 3. The Morgan fingerprint density at radius 1 is 1.10 bits per heavy atom. The van der Waals surface area contributed by atoms with Crippen LogP contribution in [0.4, 0.5) is 18.9 Å². The van der Waals surface area contributed by atoms with E-state index in [2.05, 4.69) is 0 Å². The Bertz CT molecular complexity index is 1070. The molecule has 0 spiro atoms. The average Bonchev–Trinajstić information content (AvgIpc) is 2.93. The first kappa shape index (κ1) is 23.0. The number of halogens is 3. The number of thioether (sulfide) groups is 1. The molecule has 0 radical (unpaired) electrons. The molecule has 0 atom stereocenters. The van der Waals surface area contributed by atoms with E-state index in [-0.39, 0.29) is 14.9 Å². The molecule has 3 rings (SSSR count). The number of hydrogen-bond donors (Lipinski definition) is 0. The Hall–Kier alpha value is -2.65. The van der Waals surface area contributed by atoms with Gasteiger partial charge in [-0.1, -0.05) is 42.2 Å². The maximum absolute atomic E-state index is 13.0. The molecule has 4 nitrogen and oxygen atoms in total. The van der Waals surface area contributed by atoms with E-state index in [1.165, 1.54) is 12.1 Å². The molecule has 0 unspecified atom stereocenters. The summed E-state index contributed by atoms with van der Waals surface area (Å²) in [7, 11) is 0. The predicted octanol–water partition coefficient (Wildman–Crippen LogP) is 6.07. The van der Waals surface area contributed by atoms with Crippen molar-refractivity contribution >= 4 is 51.9 Å². The molecule has 2 aromatic rings. The number of esters is 1. The fourth-order valence-electron chi connectivity index (χ4n) is 2.72. The molecular formula is C22H18F3NO3S2. The normalized spacial score (nSPS) is 16.2. The van der Waals surface area contributed by atoms with E-state index < -0.39 is 29.2 Å². The summed E-state index contributed by atoms with van der Waals surface area (Å²) in [4.78, 5) is 26.3. The lowest BCUT2D eigenvalue weighted by Crippen LogP contribution is -2.27. The molecule has 2 aromatic carbocycles. The first-order valence-electron chi connectivity index (χ1n) is 9.14. The molecule has 1 aliphatic heterocycles. The van der Waals surface area contributed by atoms with Gasteiger partial charge in [0, 0.05) is 0 Å². The van der Waals surface area contributed by atoms with Gasteiger partial charge in [0.15, 0.2) is 4.32 Å². The van der Waals surface area contributed by atoms with Crippen LogP contribution in [-0.4, -0.2) is 21.8 Å². The second-order valence-corrected chi connectivity index (χ2v) is 9.36. The molecule has 162 valence electrons. The molecule has 31 heavy (non-hydrogen) atoms. The summed E-state index contributed by atoms with van der Waals surface area (Å²) >= 11 is 6.22. The predicted molar refractivity (Wildman–Crippen MR) is 119 cm³/mol. The minimum Gasteiger partial charge on any atom is -0.456 e. The van der Waals surface area contributed by atoms with Gasteiger partial charge in [-0.3, -0.25) is 9.69 Å². The van der Waals surface area contributed by atoms with Crippen LogP contribution in [0.5, 0.6) is 0 Å². The van der Waals surface area contributed by atoms with Crippen LogP contribution in [0.2, 0.25) is 0 Å². The topological polar surface area (TPSA) is 46.6 Å². The SMILES string of the molecule is CC(C)(C)OC(=O)c1ccc(C=C2SC(=S)N(c3cccc(C(F)(F)F)c3)C2=O)cc1. The molecule has 0 aromatic heterocycles. The minimum atomic E-state index is -4.53. The number of anilines is 1. The Morgan fingerprint density at radius 2 is 1.74 bits per heavy atom. The number of benzene rings is 2. The summed E-state index contributed by atoms with van der Waals surface area (Å²) in [5.74, 6) is -0.972. The summed E-state index contributed by atoms with van der Waals surface area (Å²) in [5.41, 5.74) is -0.421. The van der Waals surface area contributed by atoms with Crippen LogP contribution in [0.25, 0.3) is 6.08 Å². The lowest BCUT2D eigenvalue weighted by molar-refractivity contribution is -0.137. The summed E-state index contributed by atoms with van der Waals surface area (Å²) in [6.07, 6.45) is -2.95. The number of thiocarbonyl (C=S) groups is 1. The average molecular weight is 466 g/mol. The van der Waals surface area contributed by atoms with Crippen molar-refractivity contribution in [2.45, 2.75) is 32.5 Å². The van der Waals surface area contributed by atoms with Crippen LogP contribution < -0.4 is 4.90 Å². The zero-order chi connectivity index (χ0) is 23.0. The number of amides is 1. The molecule has 1 saturated heterocycles. The summed E-state index contributed by atoms with van der Waals surface area (Å²) in [6, 6.07) is 10.9. The van der Waals surface area contributed by atoms with Crippen molar-refractivity contribution in [1.82, 2.24) is 0 Å². The van der Waals surface area contributed by atoms with Crippen molar-refractivity contribution < 1.29 is 27.5 Å².